The molecule has 116 valence electrons. The number of carbonyl (C=O) groups excluding carboxylic acids is 1. The molecule has 0 saturated heterocycles. The van der Waals surface area contributed by atoms with E-state index in [-0.39, 0.29) is 12.2 Å². The smallest absolute Gasteiger partial charge is 0.320 e. The zero-order valence-corrected chi connectivity index (χ0v) is 12.7. The summed E-state index contributed by atoms with van der Waals surface area (Å²) in [4.78, 5) is 22.6. The number of benzene rings is 1. The average molecular weight is 314 g/mol. The van der Waals surface area contributed by atoms with Gasteiger partial charge in [-0.1, -0.05) is 36.2 Å². The highest BCUT2D eigenvalue weighted by Gasteiger charge is 2.32. The molecule has 0 spiro atoms. The Bertz CT molecular complexity index is 476. The summed E-state index contributed by atoms with van der Waals surface area (Å²) in [7, 11) is 0. The summed E-state index contributed by atoms with van der Waals surface area (Å²) in [5.74, 6) is -0.746. The number of rotatable bonds is 9. The van der Waals surface area contributed by atoms with Crippen molar-refractivity contribution in [3.63, 3.8) is 0 Å². The highest BCUT2D eigenvalue weighted by Crippen LogP contribution is 2.24. The first kappa shape index (κ1) is 17.5. The largest absolute Gasteiger partial charge is 0.480 e. The number of halogens is 1. The number of unbranched alkanes of at least 4 members (excludes halogenated alkanes) is 1. The first-order valence-electron chi connectivity index (χ1n) is 6.77. The number of Topliss-reactive ketones (excluding diaryl/α,β-unsaturated/α-hetero) is 1. The van der Waals surface area contributed by atoms with Crippen LogP contribution in [0.3, 0.4) is 0 Å². The third-order valence-electron chi connectivity index (χ3n) is 3.04. The lowest BCUT2D eigenvalue weighted by molar-refractivity contribution is -0.138. The van der Waals surface area contributed by atoms with Gasteiger partial charge >= 0.3 is 5.97 Å². The third-order valence-corrected chi connectivity index (χ3v) is 3.32. The molecule has 0 heterocycles. The zero-order valence-electron chi connectivity index (χ0n) is 11.9. The van der Waals surface area contributed by atoms with E-state index in [0.29, 0.717) is 25.0 Å². The molecule has 0 radical (unpaired) electrons. The molecular formula is C15H20ClNO4. The van der Waals surface area contributed by atoms with Crippen molar-refractivity contribution in [1.82, 2.24) is 0 Å². The van der Waals surface area contributed by atoms with Gasteiger partial charge in [0.2, 0.25) is 5.06 Å². The highest BCUT2D eigenvalue weighted by molar-refractivity contribution is 6.33. The second-order valence-electron chi connectivity index (χ2n) is 4.95. The standard InChI is InChI=1S/C15H20ClNO4/c1-15(16,21-11-7-3-2-4-8-11)13(18)10-6-5-9-12(17)14(19)20/h2-4,7-8,12H,5-6,9-10,17H2,1H3,(H,19,20). The Balaban J connectivity index is 2.38. The third kappa shape index (κ3) is 6.14. The summed E-state index contributed by atoms with van der Waals surface area (Å²) < 4.78 is 5.48. The van der Waals surface area contributed by atoms with Gasteiger partial charge in [0, 0.05) is 6.42 Å². The van der Waals surface area contributed by atoms with E-state index >= 15 is 0 Å². The predicted molar refractivity (Wildman–Crippen MR) is 80.4 cm³/mol. The van der Waals surface area contributed by atoms with Crippen molar-refractivity contribution >= 4 is 23.4 Å². The van der Waals surface area contributed by atoms with Gasteiger partial charge in [-0.2, -0.15) is 0 Å². The summed E-state index contributed by atoms with van der Waals surface area (Å²) in [5, 5.41) is 7.23. The van der Waals surface area contributed by atoms with Crippen LogP contribution in [-0.2, 0) is 9.59 Å². The number of carboxylic acids is 1. The number of hydrogen-bond donors (Lipinski definition) is 2. The summed E-state index contributed by atoms with van der Waals surface area (Å²) in [6.45, 7) is 1.51. The Kier molecular flexibility index (Phi) is 6.65. The van der Waals surface area contributed by atoms with Crippen LogP contribution in [0.1, 0.15) is 32.6 Å². The van der Waals surface area contributed by atoms with E-state index in [4.69, 9.17) is 27.2 Å². The Morgan fingerprint density at radius 1 is 1.33 bits per heavy atom. The van der Waals surface area contributed by atoms with Crippen molar-refractivity contribution in [2.75, 3.05) is 0 Å². The van der Waals surface area contributed by atoms with Crippen LogP contribution in [0.4, 0.5) is 0 Å². The molecule has 6 heteroatoms. The summed E-state index contributed by atoms with van der Waals surface area (Å²) in [6.07, 6.45) is 1.64. The number of alkyl halides is 1. The molecule has 0 amide bonds. The minimum Gasteiger partial charge on any atom is -0.480 e. The van der Waals surface area contributed by atoms with Crippen LogP contribution in [0.5, 0.6) is 5.75 Å². The molecule has 21 heavy (non-hydrogen) atoms. The molecule has 0 saturated carbocycles. The molecule has 1 aromatic rings. The van der Waals surface area contributed by atoms with Gasteiger partial charge in [0.05, 0.1) is 0 Å². The minimum atomic E-state index is -1.42. The van der Waals surface area contributed by atoms with Crippen molar-refractivity contribution < 1.29 is 19.4 Å². The molecule has 0 aliphatic heterocycles. The van der Waals surface area contributed by atoms with E-state index in [1.54, 1.807) is 24.3 Å². The minimum absolute atomic E-state index is 0.221. The molecule has 0 bridgehead atoms. The van der Waals surface area contributed by atoms with Crippen LogP contribution < -0.4 is 10.5 Å². The van der Waals surface area contributed by atoms with Crippen LogP contribution in [0, 0.1) is 0 Å². The Labute approximate surface area is 129 Å². The summed E-state index contributed by atoms with van der Waals surface area (Å²) >= 11 is 6.12. The normalized spacial score (nSPS) is 15.0. The molecule has 2 atom stereocenters. The quantitative estimate of drug-likeness (QED) is 0.540. The van der Waals surface area contributed by atoms with Crippen LogP contribution in [0.2, 0.25) is 0 Å². The molecule has 0 aliphatic rings. The Hall–Kier alpha value is -1.59. The van der Waals surface area contributed by atoms with Gasteiger partial charge in [-0.3, -0.25) is 9.59 Å². The van der Waals surface area contributed by atoms with Crippen molar-refractivity contribution in [2.45, 2.75) is 43.7 Å². The molecule has 1 rings (SSSR count). The fourth-order valence-corrected chi connectivity index (χ4v) is 1.95. The second kappa shape index (κ2) is 8.00. The van der Waals surface area contributed by atoms with Crippen LogP contribution in [0.25, 0.3) is 0 Å². The SMILES string of the molecule is CC(Cl)(Oc1ccccc1)C(=O)CCCCC(N)C(=O)O. The van der Waals surface area contributed by atoms with Crippen molar-refractivity contribution in [3.8, 4) is 5.75 Å². The maximum absolute atomic E-state index is 12.0. The molecule has 3 N–H and O–H groups in total. The summed E-state index contributed by atoms with van der Waals surface area (Å²) in [6, 6.07) is 7.98. The van der Waals surface area contributed by atoms with E-state index in [2.05, 4.69) is 0 Å². The Morgan fingerprint density at radius 3 is 2.52 bits per heavy atom. The van der Waals surface area contributed by atoms with Gasteiger partial charge in [0.15, 0.2) is 5.78 Å². The highest BCUT2D eigenvalue weighted by atomic mass is 35.5. The maximum Gasteiger partial charge on any atom is 0.320 e. The van der Waals surface area contributed by atoms with Crippen LogP contribution in [-0.4, -0.2) is 28.0 Å². The molecular weight excluding hydrogens is 294 g/mol. The van der Waals surface area contributed by atoms with Gasteiger partial charge in [-0.05, 0) is 31.9 Å². The van der Waals surface area contributed by atoms with E-state index in [1.165, 1.54) is 6.92 Å². The van der Waals surface area contributed by atoms with Crippen molar-refractivity contribution in [3.05, 3.63) is 30.3 Å². The lowest BCUT2D eigenvalue weighted by Crippen LogP contribution is -2.35. The molecule has 0 aliphatic carbocycles. The van der Waals surface area contributed by atoms with E-state index in [1.807, 2.05) is 6.07 Å². The molecule has 5 nitrogen and oxygen atoms in total. The number of para-hydroxylation sites is 1. The van der Waals surface area contributed by atoms with Gasteiger partial charge in [0.25, 0.3) is 0 Å². The summed E-state index contributed by atoms with van der Waals surface area (Å²) in [5.41, 5.74) is 5.39. The topological polar surface area (TPSA) is 89.6 Å². The van der Waals surface area contributed by atoms with Gasteiger partial charge in [-0.15, -0.1) is 0 Å². The number of aliphatic carboxylic acids is 1. The fraction of sp³-hybridized carbons (Fsp3) is 0.467. The van der Waals surface area contributed by atoms with Gasteiger partial charge in [-0.25, -0.2) is 0 Å². The molecule has 0 aromatic heterocycles. The van der Waals surface area contributed by atoms with E-state index in [9.17, 15) is 9.59 Å². The molecule has 1 aromatic carbocycles. The van der Waals surface area contributed by atoms with Gasteiger partial charge in [0.1, 0.15) is 11.8 Å². The Morgan fingerprint density at radius 2 is 1.95 bits per heavy atom. The molecule has 0 fully saturated rings. The van der Waals surface area contributed by atoms with Crippen molar-refractivity contribution in [1.29, 1.82) is 0 Å². The maximum atomic E-state index is 12.0. The lowest BCUT2D eigenvalue weighted by Gasteiger charge is -2.22. The van der Waals surface area contributed by atoms with Crippen LogP contribution in [0.15, 0.2) is 30.3 Å². The lowest BCUT2D eigenvalue weighted by atomic mass is 10.1. The fourth-order valence-electron chi connectivity index (χ4n) is 1.76. The van der Waals surface area contributed by atoms with E-state index in [0.717, 1.165) is 0 Å². The van der Waals surface area contributed by atoms with Crippen molar-refractivity contribution in [2.24, 2.45) is 5.73 Å². The second-order valence-corrected chi connectivity index (χ2v) is 5.67. The molecule has 2 unspecified atom stereocenters. The number of hydrogen-bond acceptors (Lipinski definition) is 4. The van der Waals surface area contributed by atoms with E-state index < -0.39 is 17.1 Å². The number of ketones is 1. The van der Waals surface area contributed by atoms with Crippen LogP contribution >= 0.6 is 11.6 Å². The number of carboxylic acid groups (broad SMARTS) is 1. The number of nitrogens with two attached hydrogens (primary N) is 1. The first-order chi connectivity index (χ1) is 9.83. The zero-order chi connectivity index (χ0) is 15.9. The number of ether oxygens (including phenoxy) is 1. The predicted octanol–water partition coefficient (Wildman–Crippen LogP) is 2.56. The van der Waals surface area contributed by atoms with Gasteiger partial charge < -0.3 is 15.6 Å². The average Bonchev–Trinajstić information content (AvgIpc) is 2.43. The number of carbonyl (C=O) groups is 2. The monoisotopic (exact) mass is 313 g/mol. The first-order valence-corrected chi connectivity index (χ1v) is 7.15.